The SMILES string of the molecule is CC(=O)c1cnnn1CC(C)F. The molecule has 0 amide bonds. The number of Topliss-reactive ketones (excluding diaryl/α,β-unsaturated/α-hetero) is 1. The normalized spacial score (nSPS) is 12.9. The smallest absolute Gasteiger partial charge is 0.179 e. The van der Waals surface area contributed by atoms with E-state index in [2.05, 4.69) is 10.3 Å². The minimum absolute atomic E-state index is 0.0783. The van der Waals surface area contributed by atoms with E-state index in [9.17, 15) is 9.18 Å². The van der Waals surface area contributed by atoms with Crippen LogP contribution in [0.2, 0.25) is 0 Å². The van der Waals surface area contributed by atoms with E-state index >= 15 is 0 Å². The predicted octanol–water partition coefficient (Wildman–Crippen LogP) is 0.839. The van der Waals surface area contributed by atoms with Crippen LogP contribution in [0.4, 0.5) is 4.39 Å². The molecule has 0 saturated carbocycles. The lowest BCUT2D eigenvalue weighted by Crippen LogP contribution is -2.14. The summed E-state index contributed by atoms with van der Waals surface area (Å²) < 4.78 is 13.8. The van der Waals surface area contributed by atoms with Crippen LogP contribution >= 0.6 is 0 Å². The summed E-state index contributed by atoms with van der Waals surface area (Å²) in [7, 11) is 0. The number of aromatic nitrogens is 3. The summed E-state index contributed by atoms with van der Waals surface area (Å²) in [5.41, 5.74) is 0.347. The highest BCUT2D eigenvalue weighted by Crippen LogP contribution is 2.00. The van der Waals surface area contributed by atoms with Crippen LogP contribution in [0.5, 0.6) is 0 Å². The highest BCUT2D eigenvalue weighted by Gasteiger charge is 2.10. The monoisotopic (exact) mass is 171 g/mol. The molecule has 0 N–H and O–H groups in total. The van der Waals surface area contributed by atoms with Crippen molar-refractivity contribution in [1.82, 2.24) is 15.0 Å². The number of alkyl halides is 1. The molecule has 0 aromatic carbocycles. The molecule has 1 unspecified atom stereocenters. The summed E-state index contributed by atoms with van der Waals surface area (Å²) in [5.74, 6) is -0.152. The maximum Gasteiger partial charge on any atom is 0.179 e. The fraction of sp³-hybridized carbons (Fsp3) is 0.571. The standard InChI is InChI=1S/C7H10FN3O/c1-5(8)4-11-7(6(2)12)3-9-10-11/h3,5H,4H2,1-2H3. The fourth-order valence-electron chi connectivity index (χ4n) is 0.903. The van der Waals surface area contributed by atoms with E-state index in [1.54, 1.807) is 0 Å². The van der Waals surface area contributed by atoms with Crippen LogP contribution in [-0.4, -0.2) is 26.9 Å². The van der Waals surface area contributed by atoms with E-state index in [0.29, 0.717) is 5.69 Å². The second-order valence-electron chi connectivity index (χ2n) is 2.64. The molecule has 66 valence electrons. The molecule has 0 saturated heterocycles. The number of carbonyl (C=O) groups is 1. The Bertz CT molecular complexity index is 282. The Morgan fingerprint density at radius 1 is 1.83 bits per heavy atom. The van der Waals surface area contributed by atoms with Gasteiger partial charge in [0.1, 0.15) is 11.9 Å². The van der Waals surface area contributed by atoms with Gasteiger partial charge < -0.3 is 0 Å². The van der Waals surface area contributed by atoms with Gasteiger partial charge in [0.05, 0.1) is 12.7 Å². The highest BCUT2D eigenvalue weighted by molar-refractivity contribution is 5.91. The maximum absolute atomic E-state index is 12.5. The van der Waals surface area contributed by atoms with E-state index in [0.717, 1.165) is 0 Å². The first-order chi connectivity index (χ1) is 5.61. The Hall–Kier alpha value is -1.26. The van der Waals surface area contributed by atoms with E-state index < -0.39 is 6.17 Å². The molecule has 0 radical (unpaired) electrons. The largest absolute Gasteiger partial charge is 0.293 e. The Morgan fingerprint density at radius 3 is 3.00 bits per heavy atom. The molecule has 4 nitrogen and oxygen atoms in total. The Morgan fingerprint density at radius 2 is 2.50 bits per heavy atom. The average Bonchev–Trinajstić information content (AvgIpc) is 2.33. The second-order valence-corrected chi connectivity index (χ2v) is 2.64. The zero-order valence-electron chi connectivity index (χ0n) is 6.99. The van der Waals surface area contributed by atoms with Gasteiger partial charge >= 0.3 is 0 Å². The number of halogens is 1. The third-order valence-corrected chi connectivity index (χ3v) is 1.40. The van der Waals surface area contributed by atoms with E-state index in [1.807, 2.05) is 0 Å². The number of ketones is 1. The Labute approximate surface area is 69.4 Å². The molecule has 1 aromatic heterocycles. The average molecular weight is 171 g/mol. The van der Waals surface area contributed by atoms with Crippen molar-refractivity contribution < 1.29 is 9.18 Å². The molecular formula is C7H10FN3O. The Kier molecular flexibility index (Phi) is 2.52. The number of carbonyl (C=O) groups excluding carboxylic acids is 1. The molecule has 0 fully saturated rings. The molecular weight excluding hydrogens is 161 g/mol. The summed E-state index contributed by atoms with van der Waals surface area (Å²) >= 11 is 0. The number of hydrogen-bond acceptors (Lipinski definition) is 3. The molecule has 1 heterocycles. The molecule has 0 bridgehead atoms. The lowest BCUT2D eigenvalue weighted by molar-refractivity contribution is 0.100. The number of hydrogen-bond donors (Lipinski definition) is 0. The third kappa shape index (κ3) is 1.87. The van der Waals surface area contributed by atoms with Crippen molar-refractivity contribution in [3.63, 3.8) is 0 Å². The van der Waals surface area contributed by atoms with Crippen LogP contribution in [0.3, 0.4) is 0 Å². The van der Waals surface area contributed by atoms with Crippen molar-refractivity contribution in [2.45, 2.75) is 26.6 Å². The van der Waals surface area contributed by atoms with Crippen LogP contribution in [0, 0.1) is 0 Å². The third-order valence-electron chi connectivity index (χ3n) is 1.40. The lowest BCUT2D eigenvalue weighted by atomic mass is 10.3. The van der Waals surface area contributed by atoms with Gasteiger partial charge in [-0.15, -0.1) is 5.10 Å². The maximum atomic E-state index is 12.5. The summed E-state index contributed by atoms with van der Waals surface area (Å²) in [6, 6.07) is 0. The van der Waals surface area contributed by atoms with Gasteiger partial charge in [0, 0.05) is 6.92 Å². The molecule has 1 rings (SSSR count). The molecule has 0 aliphatic rings. The van der Waals surface area contributed by atoms with E-state index in [-0.39, 0.29) is 12.3 Å². The van der Waals surface area contributed by atoms with Crippen molar-refractivity contribution in [2.75, 3.05) is 0 Å². The highest BCUT2D eigenvalue weighted by atomic mass is 19.1. The first-order valence-electron chi connectivity index (χ1n) is 3.64. The second kappa shape index (κ2) is 3.42. The van der Waals surface area contributed by atoms with Gasteiger partial charge in [-0.1, -0.05) is 5.21 Å². The van der Waals surface area contributed by atoms with Gasteiger partial charge in [0.2, 0.25) is 0 Å². The van der Waals surface area contributed by atoms with Crippen molar-refractivity contribution >= 4 is 5.78 Å². The minimum Gasteiger partial charge on any atom is -0.293 e. The van der Waals surface area contributed by atoms with E-state index in [4.69, 9.17) is 0 Å². The minimum atomic E-state index is -1.02. The predicted molar refractivity (Wildman–Crippen MR) is 40.6 cm³/mol. The van der Waals surface area contributed by atoms with Crippen LogP contribution in [0.1, 0.15) is 24.3 Å². The van der Waals surface area contributed by atoms with Gasteiger partial charge in [-0.2, -0.15) is 0 Å². The van der Waals surface area contributed by atoms with Gasteiger partial charge in [0.15, 0.2) is 5.78 Å². The first kappa shape index (κ1) is 8.83. The van der Waals surface area contributed by atoms with Crippen molar-refractivity contribution in [3.05, 3.63) is 11.9 Å². The topological polar surface area (TPSA) is 47.8 Å². The number of nitrogens with zero attached hydrogens (tertiary/aromatic N) is 3. The van der Waals surface area contributed by atoms with Crippen LogP contribution < -0.4 is 0 Å². The van der Waals surface area contributed by atoms with Crippen molar-refractivity contribution in [1.29, 1.82) is 0 Å². The van der Waals surface area contributed by atoms with Gasteiger partial charge in [-0.25, -0.2) is 9.07 Å². The fourth-order valence-corrected chi connectivity index (χ4v) is 0.903. The van der Waals surface area contributed by atoms with Gasteiger partial charge in [-0.3, -0.25) is 4.79 Å². The molecule has 1 atom stereocenters. The molecule has 12 heavy (non-hydrogen) atoms. The zero-order chi connectivity index (χ0) is 9.14. The van der Waals surface area contributed by atoms with E-state index in [1.165, 1.54) is 24.7 Å². The van der Waals surface area contributed by atoms with Crippen LogP contribution in [-0.2, 0) is 6.54 Å². The van der Waals surface area contributed by atoms with Gasteiger partial charge in [0.25, 0.3) is 0 Å². The molecule has 0 spiro atoms. The lowest BCUT2D eigenvalue weighted by Gasteiger charge is -2.03. The summed E-state index contributed by atoms with van der Waals surface area (Å²) in [6.45, 7) is 2.89. The number of rotatable bonds is 3. The zero-order valence-corrected chi connectivity index (χ0v) is 6.99. The molecule has 1 aromatic rings. The van der Waals surface area contributed by atoms with Crippen LogP contribution in [0.25, 0.3) is 0 Å². The van der Waals surface area contributed by atoms with Crippen molar-refractivity contribution in [3.8, 4) is 0 Å². The molecule has 0 aliphatic carbocycles. The van der Waals surface area contributed by atoms with Gasteiger partial charge in [-0.05, 0) is 6.92 Å². The van der Waals surface area contributed by atoms with Crippen LogP contribution in [0.15, 0.2) is 6.20 Å². The Balaban J connectivity index is 2.84. The summed E-state index contributed by atoms with van der Waals surface area (Å²) in [4.78, 5) is 10.9. The molecule has 0 aliphatic heterocycles. The van der Waals surface area contributed by atoms with Crippen molar-refractivity contribution in [2.24, 2.45) is 0 Å². The summed E-state index contributed by atoms with van der Waals surface area (Å²) in [5, 5.41) is 7.11. The molecule has 5 heteroatoms. The quantitative estimate of drug-likeness (QED) is 0.633. The first-order valence-corrected chi connectivity index (χ1v) is 3.64. The summed E-state index contributed by atoms with van der Waals surface area (Å²) in [6.07, 6.45) is 0.315.